The summed E-state index contributed by atoms with van der Waals surface area (Å²) in [6.07, 6.45) is 9.74. The third kappa shape index (κ3) is 17.3. The van der Waals surface area contributed by atoms with Crippen LogP contribution < -0.4 is 21.9 Å². The number of ketones is 2. The number of allylic oxidation sites excluding steroid dienone is 2. The van der Waals surface area contributed by atoms with Crippen LogP contribution in [-0.2, 0) is 4.79 Å². The monoisotopic (exact) mass is 1090 g/mol. The summed E-state index contributed by atoms with van der Waals surface area (Å²) in [5.74, 6) is 0.715. The van der Waals surface area contributed by atoms with Gasteiger partial charge in [0.05, 0.1) is 28.0 Å². The van der Waals surface area contributed by atoms with Crippen LogP contribution >= 0.6 is 0 Å². The summed E-state index contributed by atoms with van der Waals surface area (Å²) in [4.78, 5) is 68.3. The van der Waals surface area contributed by atoms with Gasteiger partial charge in [-0.2, -0.15) is 0 Å². The van der Waals surface area contributed by atoms with Gasteiger partial charge in [-0.05, 0) is 84.3 Å². The number of fused-ring (bicyclic) bond motifs is 4. The minimum atomic E-state index is -0.302. The predicted molar refractivity (Wildman–Crippen MR) is 333 cm³/mol. The van der Waals surface area contributed by atoms with Crippen molar-refractivity contribution in [2.45, 2.75) is 6.92 Å². The number of benzene rings is 9. The van der Waals surface area contributed by atoms with Crippen LogP contribution in [0.25, 0.3) is 78.5 Å². The zero-order valence-electron chi connectivity index (χ0n) is 45.0. The van der Waals surface area contributed by atoms with Crippen LogP contribution in [0, 0.1) is 0 Å². The molecule has 13 rings (SSSR count). The largest absolute Gasteiger partial charge is 0.464 e. The first-order chi connectivity index (χ1) is 40.6. The molecule has 4 heterocycles. The molecule has 0 aliphatic rings. The zero-order valence-corrected chi connectivity index (χ0v) is 45.0. The van der Waals surface area contributed by atoms with E-state index in [1.807, 2.05) is 224 Å². The first-order valence-corrected chi connectivity index (χ1v) is 26.3. The van der Waals surface area contributed by atoms with Gasteiger partial charge in [-0.25, -0.2) is 4.79 Å². The second kappa shape index (κ2) is 30.1. The van der Waals surface area contributed by atoms with E-state index in [2.05, 4.69) is 0 Å². The van der Waals surface area contributed by atoms with Crippen molar-refractivity contribution in [1.29, 1.82) is 0 Å². The van der Waals surface area contributed by atoms with Gasteiger partial charge in [0.1, 0.15) is 34.4 Å². The summed E-state index contributed by atoms with van der Waals surface area (Å²) in [7, 11) is 0. The van der Waals surface area contributed by atoms with Crippen LogP contribution in [0.2, 0.25) is 0 Å². The van der Waals surface area contributed by atoms with Crippen LogP contribution in [0.3, 0.4) is 0 Å². The molecule has 0 radical (unpaired) electrons. The molecule has 406 valence electrons. The molecule has 83 heavy (non-hydrogen) atoms. The molecule has 9 aromatic carbocycles. The summed E-state index contributed by atoms with van der Waals surface area (Å²) in [5.41, 5.74) is 7.44. The Morgan fingerprint density at radius 2 is 0.855 bits per heavy atom. The average molecular weight is 1090 g/mol. The summed E-state index contributed by atoms with van der Waals surface area (Å²) in [6, 6.07) is 83.3. The fourth-order valence-corrected chi connectivity index (χ4v) is 8.00. The summed E-state index contributed by atoms with van der Waals surface area (Å²) in [5, 5.41) is 2.82. The molecule has 13 aromatic rings. The molecule has 0 bridgehead atoms. The van der Waals surface area contributed by atoms with E-state index in [1.165, 1.54) is 30.7 Å². The topological polar surface area (TPSA) is 155 Å². The summed E-state index contributed by atoms with van der Waals surface area (Å²) >= 11 is 0. The lowest BCUT2D eigenvalue weighted by atomic mass is 10.1. The van der Waals surface area contributed by atoms with Crippen molar-refractivity contribution in [2.75, 3.05) is 0 Å². The molecule has 0 aliphatic heterocycles. The van der Waals surface area contributed by atoms with E-state index in [0.29, 0.717) is 49.8 Å². The van der Waals surface area contributed by atoms with Gasteiger partial charge in [0.2, 0.25) is 0 Å². The Balaban J connectivity index is 0.000000132. The van der Waals surface area contributed by atoms with Crippen LogP contribution in [0.1, 0.15) is 28.4 Å². The maximum atomic E-state index is 12.3. The number of hydrogen-bond acceptors (Lipinski definition) is 10. The van der Waals surface area contributed by atoms with Gasteiger partial charge in [0, 0.05) is 34.7 Å². The van der Waals surface area contributed by atoms with Crippen LogP contribution in [0.15, 0.2) is 335 Å². The zero-order chi connectivity index (χ0) is 58.0. The molecule has 0 aliphatic carbocycles. The van der Waals surface area contributed by atoms with E-state index in [1.54, 1.807) is 61.5 Å². The molecular weight excluding hydrogens is 1040 g/mol. The van der Waals surface area contributed by atoms with Crippen LogP contribution in [0.5, 0.6) is 0 Å². The average Bonchev–Trinajstić information content (AvgIpc) is 3.70. The standard InChI is InChI=1S/2C15H10O2.C15H12O.C10H10O.2C9H6O2/c16-13-10-15(11-6-2-1-3-7-11)17-14-9-5-4-8-12(13)14;16-15-12-8-4-5-9-14(12)17-10-13(15)11-6-2-1-3-7-11;16-15(14-9-5-2-6-10-14)12-11-13-7-3-1-4-8-13;1-9(11)7-8-10-5-3-2-4-6-10;10-8-5-6-11-9-4-2-1-3-7(8)9;10-9-6-5-7-3-1-2-4-8(7)11-9/h2*1-10H;1-12H;2-8H,1H3;2*1-6H/b;;12-11+;8-7+;;. The Hall–Kier alpha value is -11.4. The van der Waals surface area contributed by atoms with Gasteiger partial charge >= 0.3 is 5.63 Å². The van der Waals surface area contributed by atoms with E-state index in [9.17, 15) is 28.8 Å². The van der Waals surface area contributed by atoms with Gasteiger partial charge in [0.25, 0.3) is 0 Å². The number of hydrogen-bond donors (Lipinski definition) is 0. The predicted octanol–water partition coefficient (Wildman–Crippen LogP) is 16.4. The number of carbonyl (C=O) groups excluding carboxylic acids is 2. The first kappa shape index (κ1) is 57.8. The third-order valence-electron chi connectivity index (χ3n) is 12.1. The van der Waals surface area contributed by atoms with Crippen molar-refractivity contribution in [3.05, 3.63) is 355 Å². The Labute approximate surface area is 477 Å². The highest BCUT2D eigenvalue weighted by atomic mass is 16.4. The smallest absolute Gasteiger partial charge is 0.336 e. The first-order valence-electron chi connectivity index (χ1n) is 26.3. The van der Waals surface area contributed by atoms with Crippen molar-refractivity contribution in [1.82, 2.24) is 0 Å². The molecule has 0 amide bonds. The molecule has 0 N–H and O–H groups in total. The van der Waals surface area contributed by atoms with Gasteiger partial charge in [-0.1, -0.05) is 218 Å². The molecule has 10 heteroatoms. The van der Waals surface area contributed by atoms with Gasteiger partial charge in [-0.15, -0.1) is 0 Å². The van der Waals surface area contributed by atoms with E-state index >= 15 is 0 Å². The maximum Gasteiger partial charge on any atom is 0.336 e. The lowest BCUT2D eigenvalue weighted by Gasteiger charge is -2.02. The molecule has 4 aromatic heterocycles. The number of rotatable bonds is 7. The fourth-order valence-electron chi connectivity index (χ4n) is 8.00. The SMILES string of the molecule is CC(=O)/C=C/c1ccccc1.O=C(/C=C/c1ccccc1)c1ccccc1.O=c1c(-c2ccccc2)coc2ccccc12.O=c1cc(-c2ccccc2)oc2ccccc12.O=c1ccc2ccccc2o1.O=c1ccoc2ccccc12. The molecular formula is C73H54O10. The van der Waals surface area contributed by atoms with Crippen LogP contribution in [0.4, 0.5) is 0 Å². The van der Waals surface area contributed by atoms with Gasteiger partial charge in [-0.3, -0.25) is 24.0 Å². The highest BCUT2D eigenvalue weighted by molar-refractivity contribution is 6.06. The van der Waals surface area contributed by atoms with E-state index in [0.717, 1.165) is 33.2 Å². The molecule has 0 spiro atoms. The second-order valence-electron chi connectivity index (χ2n) is 18.1. The van der Waals surface area contributed by atoms with Crippen molar-refractivity contribution < 1.29 is 27.3 Å². The van der Waals surface area contributed by atoms with Crippen molar-refractivity contribution >= 4 is 67.6 Å². The summed E-state index contributed by atoms with van der Waals surface area (Å²) < 4.78 is 21.2. The highest BCUT2D eigenvalue weighted by Gasteiger charge is 2.08. The Morgan fingerprint density at radius 1 is 0.386 bits per heavy atom. The number of para-hydroxylation sites is 4. The van der Waals surface area contributed by atoms with Crippen molar-refractivity contribution in [3.63, 3.8) is 0 Å². The Bertz CT molecular complexity index is 4500. The molecule has 0 saturated heterocycles. The molecule has 0 unspecified atom stereocenters. The van der Waals surface area contributed by atoms with Gasteiger partial charge in [0.15, 0.2) is 27.9 Å². The third-order valence-corrected chi connectivity index (χ3v) is 12.1. The Kier molecular flexibility index (Phi) is 21.0. The maximum absolute atomic E-state index is 12.3. The minimum absolute atomic E-state index is 0.00634. The normalized spacial score (nSPS) is 10.4. The summed E-state index contributed by atoms with van der Waals surface area (Å²) in [6.45, 7) is 1.54. The Morgan fingerprint density at radius 3 is 1.45 bits per heavy atom. The van der Waals surface area contributed by atoms with Crippen molar-refractivity contribution in [3.8, 4) is 22.5 Å². The van der Waals surface area contributed by atoms with Crippen LogP contribution in [-0.4, -0.2) is 11.6 Å². The molecule has 10 nitrogen and oxygen atoms in total. The lowest BCUT2D eigenvalue weighted by molar-refractivity contribution is -0.112. The second-order valence-corrected chi connectivity index (χ2v) is 18.1. The fraction of sp³-hybridized carbons (Fsp3) is 0.0137. The van der Waals surface area contributed by atoms with E-state index in [-0.39, 0.29) is 33.5 Å². The highest BCUT2D eigenvalue weighted by Crippen LogP contribution is 2.22. The quantitative estimate of drug-likeness (QED) is 0.0855. The minimum Gasteiger partial charge on any atom is -0.464 e. The van der Waals surface area contributed by atoms with Gasteiger partial charge < -0.3 is 17.7 Å². The van der Waals surface area contributed by atoms with Crippen molar-refractivity contribution in [2.24, 2.45) is 0 Å². The van der Waals surface area contributed by atoms with E-state index < -0.39 is 0 Å². The van der Waals surface area contributed by atoms with E-state index in [4.69, 9.17) is 17.7 Å². The lowest BCUT2D eigenvalue weighted by Crippen LogP contribution is -2.04. The number of carbonyl (C=O) groups is 2. The molecule has 0 saturated carbocycles. The molecule has 0 atom stereocenters. The molecule has 0 fully saturated rings.